The van der Waals surface area contributed by atoms with Gasteiger partial charge in [0, 0.05) is 18.4 Å². The molecular formula is C14H26BrNO2S. The molecule has 1 aliphatic heterocycles. The molecule has 0 radical (unpaired) electrons. The van der Waals surface area contributed by atoms with Crippen LogP contribution in [-0.2, 0) is 9.84 Å². The van der Waals surface area contributed by atoms with Crippen LogP contribution in [0.1, 0.15) is 44.9 Å². The van der Waals surface area contributed by atoms with Crippen molar-refractivity contribution in [1.29, 1.82) is 0 Å². The number of halogens is 1. The van der Waals surface area contributed by atoms with Crippen LogP contribution < -0.4 is 0 Å². The fraction of sp³-hybridized carbons (Fsp3) is 1.00. The fourth-order valence-corrected chi connectivity index (χ4v) is 5.48. The molecule has 0 unspecified atom stereocenters. The maximum atomic E-state index is 11.7. The Kier molecular flexibility index (Phi) is 5.73. The fourth-order valence-electron chi connectivity index (χ4n) is 3.44. The van der Waals surface area contributed by atoms with Gasteiger partial charge in [-0.3, -0.25) is 0 Å². The number of alkyl halides is 1. The van der Waals surface area contributed by atoms with Crippen molar-refractivity contribution >= 4 is 25.8 Å². The number of sulfone groups is 1. The molecule has 19 heavy (non-hydrogen) atoms. The van der Waals surface area contributed by atoms with Gasteiger partial charge in [0.2, 0.25) is 0 Å². The molecule has 0 aromatic carbocycles. The average molecular weight is 352 g/mol. The van der Waals surface area contributed by atoms with Gasteiger partial charge in [-0.25, -0.2) is 8.42 Å². The van der Waals surface area contributed by atoms with Crippen molar-refractivity contribution in [2.45, 2.75) is 44.9 Å². The van der Waals surface area contributed by atoms with Gasteiger partial charge in [0.1, 0.15) is 0 Å². The minimum Gasteiger partial charge on any atom is -0.302 e. The topological polar surface area (TPSA) is 37.4 Å². The first kappa shape index (κ1) is 15.8. The van der Waals surface area contributed by atoms with E-state index in [2.05, 4.69) is 20.8 Å². The van der Waals surface area contributed by atoms with Gasteiger partial charge >= 0.3 is 0 Å². The minimum absolute atomic E-state index is 0.353. The molecule has 2 rings (SSSR count). The molecule has 0 aromatic rings. The molecule has 1 aliphatic carbocycles. The number of nitrogens with zero attached hydrogens (tertiary/aromatic N) is 1. The molecule has 0 atom stereocenters. The first-order valence-electron chi connectivity index (χ1n) is 7.54. The molecule has 0 N–H and O–H groups in total. The lowest BCUT2D eigenvalue weighted by molar-refractivity contribution is 0.159. The van der Waals surface area contributed by atoms with Crippen LogP contribution in [0.25, 0.3) is 0 Å². The van der Waals surface area contributed by atoms with E-state index >= 15 is 0 Å². The molecule has 5 heteroatoms. The minimum atomic E-state index is -2.78. The van der Waals surface area contributed by atoms with Crippen molar-refractivity contribution in [2.24, 2.45) is 5.41 Å². The van der Waals surface area contributed by atoms with Gasteiger partial charge in [0.25, 0.3) is 0 Å². The van der Waals surface area contributed by atoms with E-state index in [9.17, 15) is 8.42 Å². The molecule has 1 heterocycles. The summed E-state index contributed by atoms with van der Waals surface area (Å²) in [6, 6.07) is 0. The van der Waals surface area contributed by atoms with Crippen LogP contribution in [-0.4, -0.2) is 49.8 Å². The van der Waals surface area contributed by atoms with Gasteiger partial charge in [0.05, 0.1) is 11.5 Å². The van der Waals surface area contributed by atoms with Gasteiger partial charge in [-0.05, 0) is 31.2 Å². The summed E-state index contributed by atoms with van der Waals surface area (Å²) >= 11 is 3.73. The smallest absolute Gasteiger partial charge is 0.151 e. The van der Waals surface area contributed by atoms with Gasteiger partial charge in [-0.15, -0.1) is 0 Å². The van der Waals surface area contributed by atoms with Crippen molar-refractivity contribution in [3.05, 3.63) is 0 Å². The predicted octanol–water partition coefficient (Wildman–Crippen LogP) is 2.84. The second kappa shape index (κ2) is 6.90. The van der Waals surface area contributed by atoms with Crippen molar-refractivity contribution in [3.8, 4) is 0 Å². The van der Waals surface area contributed by atoms with Crippen LogP contribution >= 0.6 is 15.9 Å². The maximum Gasteiger partial charge on any atom is 0.151 e. The average Bonchev–Trinajstić information content (AvgIpc) is 2.70. The lowest BCUT2D eigenvalue weighted by Crippen LogP contribution is -2.40. The zero-order valence-corrected chi connectivity index (χ0v) is 14.1. The summed E-state index contributed by atoms with van der Waals surface area (Å²) in [7, 11) is -2.78. The third-order valence-corrected chi connectivity index (χ3v) is 7.56. The zero-order valence-electron chi connectivity index (χ0n) is 11.7. The predicted molar refractivity (Wildman–Crippen MR) is 83.6 cm³/mol. The van der Waals surface area contributed by atoms with E-state index < -0.39 is 9.84 Å². The van der Waals surface area contributed by atoms with E-state index in [-0.39, 0.29) is 0 Å². The van der Waals surface area contributed by atoms with Crippen LogP contribution in [0.3, 0.4) is 0 Å². The Morgan fingerprint density at radius 2 is 1.63 bits per heavy atom. The van der Waals surface area contributed by atoms with Crippen molar-refractivity contribution < 1.29 is 8.42 Å². The SMILES string of the molecule is O=S1(=O)CCCN(CC2(CBr)CCCCCC2)CC1. The van der Waals surface area contributed by atoms with Crippen molar-refractivity contribution in [1.82, 2.24) is 4.90 Å². The van der Waals surface area contributed by atoms with Crippen LogP contribution in [0.5, 0.6) is 0 Å². The van der Waals surface area contributed by atoms with E-state index in [0.717, 1.165) is 31.4 Å². The van der Waals surface area contributed by atoms with Crippen LogP contribution in [0, 0.1) is 5.41 Å². The Morgan fingerprint density at radius 3 is 2.26 bits per heavy atom. The molecule has 3 nitrogen and oxygen atoms in total. The standard InChI is InChI=1S/C14H26BrNO2S/c15-12-14(6-3-1-2-4-7-14)13-16-8-5-10-19(17,18)11-9-16/h1-13H2. The summed E-state index contributed by atoms with van der Waals surface area (Å²) in [5.74, 6) is 0.732. The summed E-state index contributed by atoms with van der Waals surface area (Å²) in [5.41, 5.74) is 0.380. The van der Waals surface area contributed by atoms with Crippen LogP contribution in [0.4, 0.5) is 0 Å². The summed E-state index contributed by atoms with van der Waals surface area (Å²) < 4.78 is 23.4. The van der Waals surface area contributed by atoms with Gasteiger partial charge < -0.3 is 4.90 Å². The highest BCUT2D eigenvalue weighted by Crippen LogP contribution is 2.37. The number of rotatable bonds is 3. The second-order valence-corrected chi connectivity index (χ2v) is 9.19. The number of hydrogen-bond donors (Lipinski definition) is 0. The van der Waals surface area contributed by atoms with Crippen LogP contribution in [0.15, 0.2) is 0 Å². The van der Waals surface area contributed by atoms with E-state index in [1.807, 2.05) is 0 Å². The molecule has 0 aromatic heterocycles. The van der Waals surface area contributed by atoms with Gasteiger partial charge in [-0.2, -0.15) is 0 Å². The van der Waals surface area contributed by atoms with E-state index in [1.54, 1.807) is 0 Å². The first-order chi connectivity index (χ1) is 9.05. The molecule has 0 amide bonds. The third kappa shape index (κ3) is 4.71. The molecule has 0 bridgehead atoms. The van der Waals surface area contributed by atoms with Crippen LogP contribution in [0.2, 0.25) is 0 Å². The monoisotopic (exact) mass is 351 g/mol. The maximum absolute atomic E-state index is 11.7. The van der Waals surface area contributed by atoms with E-state index in [4.69, 9.17) is 0 Å². The van der Waals surface area contributed by atoms with Crippen molar-refractivity contribution in [3.63, 3.8) is 0 Å². The van der Waals surface area contributed by atoms with Gasteiger partial charge in [-0.1, -0.05) is 41.6 Å². The lowest BCUT2D eigenvalue weighted by atomic mass is 9.82. The Labute approximate surface area is 126 Å². The normalized spacial score (nSPS) is 28.5. The highest BCUT2D eigenvalue weighted by molar-refractivity contribution is 9.09. The third-order valence-electron chi connectivity index (χ3n) is 4.65. The highest BCUT2D eigenvalue weighted by Gasteiger charge is 2.33. The summed E-state index contributed by atoms with van der Waals surface area (Å²) in [6.45, 7) is 2.76. The Bertz CT molecular complexity index is 375. The first-order valence-corrected chi connectivity index (χ1v) is 10.5. The van der Waals surface area contributed by atoms with E-state index in [0.29, 0.717) is 16.9 Å². The molecule has 2 fully saturated rings. The van der Waals surface area contributed by atoms with Gasteiger partial charge in [0.15, 0.2) is 9.84 Å². The molecular weight excluding hydrogens is 326 g/mol. The number of hydrogen-bond acceptors (Lipinski definition) is 3. The molecule has 1 saturated heterocycles. The molecule has 1 saturated carbocycles. The molecule has 112 valence electrons. The molecule has 2 aliphatic rings. The Morgan fingerprint density at radius 1 is 0.947 bits per heavy atom. The quantitative estimate of drug-likeness (QED) is 0.579. The highest BCUT2D eigenvalue weighted by atomic mass is 79.9. The van der Waals surface area contributed by atoms with E-state index in [1.165, 1.54) is 38.5 Å². The van der Waals surface area contributed by atoms with Crippen molar-refractivity contribution in [2.75, 3.05) is 36.5 Å². The summed E-state index contributed by atoms with van der Waals surface area (Å²) in [6.07, 6.45) is 8.78. The summed E-state index contributed by atoms with van der Waals surface area (Å²) in [5, 5.41) is 1.06. The Hall–Kier alpha value is 0.390. The summed E-state index contributed by atoms with van der Waals surface area (Å²) in [4.78, 5) is 2.40. The largest absolute Gasteiger partial charge is 0.302 e. The lowest BCUT2D eigenvalue weighted by Gasteiger charge is -2.36. The second-order valence-electron chi connectivity index (χ2n) is 6.33. The zero-order chi connectivity index (χ0) is 13.8. The Balaban J connectivity index is 1.97. The molecule has 0 spiro atoms.